The molecule has 0 atom stereocenters. The first kappa shape index (κ1) is 12.4. The highest BCUT2D eigenvalue weighted by Gasteiger charge is 2.31. The van der Waals surface area contributed by atoms with Crippen molar-refractivity contribution in [3.8, 4) is 0 Å². The van der Waals surface area contributed by atoms with Gasteiger partial charge in [0.05, 0.1) is 0 Å². The predicted molar refractivity (Wildman–Crippen MR) is 72.2 cm³/mol. The zero-order valence-corrected chi connectivity index (χ0v) is 11.4. The molecule has 1 saturated heterocycles. The van der Waals surface area contributed by atoms with Gasteiger partial charge in [0.2, 0.25) is 0 Å². The van der Waals surface area contributed by atoms with Gasteiger partial charge in [-0.1, -0.05) is 13.8 Å². The normalized spacial score (nSPS) is 18.8. The zero-order valence-electron chi connectivity index (χ0n) is 11.4. The Hall–Kier alpha value is -1.09. The summed E-state index contributed by atoms with van der Waals surface area (Å²) in [4.78, 5) is 7.09. The quantitative estimate of drug-likeness (QED) is 0.853. The molecule has 0 bridgehead atoms. The molecular weight excluding hydrogens is 210 g/mol. The topological polar surface area (TPSA) is 42.1 Å². The van der Waals surface area contributed by atoms with E-state index >= 15 is 0 Å². The number of anilines is 1. The number of pyridine rings is 1. The van der Waals surface area contributed by atoms with E-state index in [1.54, 1.807) is 0 Å². The number of aryl methyl sites for hydroxylation is 2. The van der Waals surface area contributed by atoms with Crippen LogP contribution in [0, 0.1) is 19.3 Å². The van der Waals surface area contributed by atoms with Crippen molar-refractivity contribution < 1.29 is 0 Å². The Bertz CT molecular complexity index is 424. The van der Waals surface area contributed by atoms with Gasteiger partial charge in [0.25, 0.3) is 0 Å². The van der Waals surface area contributed by atoms with Crippen LogP contribution in [0.2, 0.25) is 0 Å². The molecule has 3 heteroatoms. The lowest BCUT2D eigenvalue weighted by Crippen LogP contribution is -2.26. The van der Waals surface area contributed by atoms with E-state index in [0.29, 0.717) is 12.0 Å². The fourth-order valence-electron chi connectivity index (χ4n) is 2.65. The third-order valence-electron chi connectivity index (χ3n) is 3.63. The fourth-order valence-corrected chi connectivity index (χ4v) is 2.65. The first-order chi connectivity index (χ1) is 7.93. The van der Waals surface area contributed by atoms with Crippen LogP contribution in [0.1, 0.15) is 37.1 Å². The van der Waals surface area contributed by atoms with Crippen LogP contribution in [0.3, 0.4) is 0 Å². The lowest BCUT2D eigenvalue weighted by Gasteiger charge is -2.24. The molecule has 1 aliphatic rings. The molecule has 1 fully saturated rings. The molecule has 1 aromatic rings. The maximum atomic E-state index is 5.87. The van der Waals surface area contributed by atoms with Crippen molar-refractivity contribution >= 4 is 5.82 Å². The summed E-state index contributed by atoms with van der Waals surface area (Å²) in [6.07, 6.45) is 1.23. The average Bonchev–Trinajstić information content (AvgIpc) is 2.57. The van der Waals surface area contributed by atoms with Crippen molar-refractivity contribution in [3.05, 3.63) is 22.9 Å². The second-order valence-electron chi connectivity index (χ2n) is 5.92. The molecule has 1 aliphatic heterocycles. The van der Waals surface area contributed by atoms with E-state index in [9.17, 15) is 0 Å². The summed E-state index contributed by atoms with van der Waals surface area (Å²) < 4.78 is 0. The first-order valence-corrected chi connectivity index (χ1v) is 6.35. The van der Waals surface area contributed by atoms with E-state index in [1.807, 2.05) is 0 Å². The van der Waals surface area contributed by atoms with E-state index < -0.39 is 0 Å². The summed E-state index contributed by atoms with van der Waals surface area (Å²) in [5.74, 6) is 1.11. The van der Waals surface area contributed by atoms with Gasteiger partial charge in [-0.3, -0.25) is 0 Å². The number of rotatable bonds is 2. The molecule has 0 aromatic carbocycles. The van der Waals surface area contributed by atoms with Gasteiger partial charge >= 0.3 is 0 Å². The van der Waals surface area contributed by atoms with Crippen molar-refractivity contribution in [1.29, 1.82) is 0 Å². The lowest BCUT2D eigenvalue weighted by molar-refractivity contribution is 0.418. The van der Waals surface area contributed by atoms with Crippen LogP contribution in [0.5, 0.6) is 0 Å². The second-order valence-corrected chi connectivity index (χ2v) is 5.92. The van der Waals surface area contributed by atoms with Gasteiger partial charge in [-0.05, 0) is 37.3 Å². The Morgan fingerprint density at radius 2 is 2.12 bits per heavy atom. The number of hydrogen-bond acceptors (Lipinski definition) is 3. The Labute approximate surface area is 104 Å². The molecule has 0 saturated carbocycles. The average molecular weight is 233 g/mol. The summed E-state index contributed by atoms with van der Waals surface area (Å²) in [6.45, 7) is 11.6. The van der Waals surface area contributed by atoms with Crippen molar-refractivity contribution in [3.63, 3.8) is 0 Å². The monoisotopic (exact) mass is 233 g/mol. The molecule has 2 heterocycles. The maximum absolute atomic E-state index is 5.87. The molecule has 0 radical (unpaired) electrons. The first-order valence-electron chi connectivity index (χ1n) is 6.35. The van der Waals surface area contributed by atoms with Gasteiger partial charge in [-0.2, -0.15) is 0 Å². The molecule has 3 nitrogen and oxygen atoms in total. The summed E-state index contributed by atoms with van der Waals surface area (Å²) in [7, 11) is 0. The van der Waals surface area contributed by atoms with Crippen LogP contribution >= 0.6 is 0 Å². The van der Waals surface area contributed by atoms with Crippen LogP contribution in [-0.4, -0.2) is 18.1 Å². The smallest absolute Gasteiger partial charge is 0.133 e. The molecule has 1 aromatic heterocycles. The molecule has 0 amide bonds. The molecule has 94 valence electrons. The minimum absolute atomic E-state index is 0.394. The fraction of sp³-hybridized carbons (Fsp3) is 0.643. The van der Waals surface area contributed by atoms with Crippen LogP contribution < -0.4 is 10.6 Å². The standard InChI is InChI=1S/C14H23N3/c1-10-7-11(2)16-13(12(10)8-15)17-6-5-14(3,4)9-17/h7H,5-6,8-9,15H2,1-4H3. The third-order valence-corrected chi connectivity index (χ3v) is 3.63. The van der Waals surface area contributed by atoms with Crippen LogP contribution in [0.25, 0.3) is 0 Å². The summed E-state index contributed by atoms with van der Waals surface area (Å²) >= 11 is 0. The molecule has 0 spiro atoms. The second kappa shape index (κ2) is 4.30. The molecular formula is C14H23N3. The van der Waals surface area contributed by atoms with Crippen molar-refractivity contribution in [1.82, 2.24) is 4.98 Å². The minimum Gasteiger partial charge on any atom is -0.356 e. The number of hydrogen-bond donors (Lipinski definition) is 1. The molecule has 0 unspecified atom stereocenters. The Morgan fingerprint density at radius 1 is 1.41 bits per heavy atom. The SMILES string of the molecule is Cc1cc(C)c(CN)c(N2CCC(C)(C)C2)n1. The summed E-state index contributed by atoms with van der Waals surface area (Å²) in [5.41, 5.74) is 9.81. The molecule has 0 aliphatic carbocycles. The Kier molecular flexibility index (Phi) is 3.13. The van der Waals surface area contributed by atoms with Crippen LogP contribution in [0.15, 0.2) is 6.07 Å². The Morgan fingerprint density at radius 3 is 2.65 bits per heavy atom. The van der Waals surface area contributed by atoms with E-state index in [4.69, 9.17) is 10.7 Å². The highest BCUT2D eigenvalue weighted by atomic mass is 15.2. The van der Waals surface area contributed by atoms with Gasteiger partial charge in [0.15, 0.2) is 0 Å². The highest BCUT2D eigenvalue weighted by molar-refractivity contribution is 5.52. The lowest BCUT2D eigenvalue weighted by atomic mass is 9.93. The summed E-state index contributed by atoms with van der Waals surface area (Å²) in [5, 5.41) is 0. The molecule has 2 N–H and O–H groups in total. The van der Waals surface area contributed by atoms with Crippen molar-refractivity contribution in [2.45, 2.75) is 40.7 Å². The molecule has 17 heavy (non-hydrogen) atoms. The zero-order chi connectivity index (χ0) is 12.6. The van der Waals surface area contributed by atoms with E-state index in [1.165, 1.54) is 17.5 Å². The van der Waals surface area contributed by atoms with Gasteiger partial charge in [0.1, 0.15) is 5.82 Å². The van der Waals surface area contributed by atoms with Gasteiger partial charge in [0, 0.05) is 30.9 Å². The predicted octanol–water partition coefficient (Wildman–Crippen LogP) is 2.39. The van der Waals surface area contributed by atoms with Gasteiger partial charge < -0.3 is 10.6 Å². The summed E-state index contributed by atoms with van der Waals surface area (Å²) in [6, 6.07) is 2.12. The van der Waals surface area contributed by atoms with E-state index in [0.717, 1.165) is 24.6 Å². The number of nitrogens with two attached hydrogens (primary N) is 1. The van der Waals surface area contributed by atoms with Crippen LogP contribution in [0.4, 0.5) is 5.82 Å². The molecule has 2 rings (SSSR count). The Balaban J connectivity index is 2.38. The number of nitrogens with zero attached hydrogens (tertiary/aromatic N) is 2. The maximum Gasteiger partial charge on any atom is 0.133 e. The van der Waals surface area contributed by atoms with Crippen molar-refractivity contribution in [2.75, 3.05) is 18.0 Å². The van der Waals surface area contributed by atoms with Crippen LogP contribution in [-0.2, 0) is 6.54 Å². The largest absolute Gasteiger partial charge is 0.356 e. The highest BCUT2D eigenvalue weighted by Crippen LogP contribution is 2.33. The number of aromatic nitrogens is 1. The minimum atomic E-state index is 0.394. The van der Waals surface area contributed by atoms with E-state index in [2.05, 4.69) is 38.7 Å². The van der Waals surface area contributed by atoms with Gasteiger partial charge in [-0.25, -0.2) is 4.98 Å². The van der Waals surface area contributed by atoms with Gasteiger partial charge in [-0.15, -0.1) is 0 Å². The van der Waals surface area contributed by atoms with E-state index in [-0.39, 0.29) is 0 Å². The third kappa shape index (κ3) is 2.44. The van der Waals surface area contributed by atoms with Crippen molar-refractivity contribution in [2.24, 2.45) is 11.1 Å².